The van der Waals surface area contributed by atoms with Gasteiger partial charge in [-0.05, 0) is 23.0 Å². The van der Waals surface area contributed by atoms with Gasteiger partial charge in [0, 0.05) is 0 Å². The third-order valence-corrected chi connectivity index (χ3v) is 6.46. The largest absolute Gasteiger partial charge is 0.481 e. The lowest BCUT2D eigenvalue weighted by atomic mass is 10.1. The van der Waals surface area contributed by atoms with Crippen molar-refractivity contribution in [2.45, 2.75) is 78.5 Å². The van der Waals surface area contributed by atoms with E-state index >= 15 is 0 Å². The van der Waals surface area contributed by atoms with Gasteiger partial charge in [0.25, 0.3) is 6.29 Å². The van der Waals surface area contributed by atoms with Crippen LogP contribution in [0.4, 0.5) is 9.59 Å². The molecule has 0 spiro atoms. The van der Waals surface area contributed by atoms with Crippen LogP contribution in [0.2, 0.25) is 0 Å². The summed E-state index contributed by atoms with van der Waals surface area (Å²) >= 11 is 0. The fourth-order valence-corrected chi connectivity index (χ4v) is 3.88. The number of benzene rings is 2. The summed E-state index contributed by atoms with van der Waals surface area (Å²) in [6.07, 6.45) is -4.68. The predicted octanol–water partition coefficient (Wildman–Crippen LogP) is 4.10. The molecule has 0 radical (unpaired) electrons. The molecule has 0 fully saturated rings. The molecule has 0 bridgehead atoms. The van der Waals surface area contributed by atoms with Crippen LogP contribution >= 0.6 is 0 Å². The van der Waals surface area contributed by atoms with Gasteiger partial charge in [0.1, 0.15) is 25.3 Å². The molecule has 0 saturated carbocycles. The van der Waals surface area contributed by atoms with E-state index in [1.807, 2.05) is 12.1 Å². The Hall–Kier alpha value is -5.14. The van der Waals surface area contributed by atoms with Crippen LogP contribution in [0.1, 0.15) is 58.1 Å². The van der Waals surface area contributed by atoms with Gasteiger partial charge in [-0.25, -0.2) is 19.2 Å². The molecule has 2 amide bonds. The summed E-state index contributed by atoms with van der Waals surface area (Å²) in [5.41, 5.74) is 1.48. The minimum atomic E-state index is -1.60. The number of carbonyl (C=O) groups is 6. The molecule has 0 aromatic heterocycles. The van der Waals surface area contributed by atoms with Crippen molar-refractivity contribution in [1.29, 1.82) is 0 Å². The first-order chi connectivity index (χ1) is 22.3. The number of rotatable bonds is 18. The van der Waals surface area contributed by atoms with E-state index in [4.69, 9.17) is 28.8 Å². The Morgan fingerprint density at radius 1 is 0.638 bits per heavy atom. The summed E-state index contributed by atoms with van der Waals surface area (Å²) in [7, 11) is 0. The van der Waals surface area contributed by atoms with E-state index in [2.05, 4.69) is 10.6 Å². The second-order valence-electron chi connectivity index (χ2n) is 11.1. The van der Waals surface area contributed by atoms with Crippen molar-refractivity contribution in [3.8, 4) is 0 Å². The Labute approximate surface area is 273 Å². The zero-order chi connectivity index (χ0) is 34.8. The molecule has 14 nitrogen and oxygen atoms in total. The highest BCUT2D eigenvalue weighted by Crippen LogP contribution is 2.13. The Kier molecular flexibility index (Phi) is 16.3. The lowest BCUT2D eigenvalue weighted by Crippen LogP contribution is -2.47. The average Bonchev–Trinajstić information content (AvgIpc) is 3.03. The van der Waals surface area contributed by atoms with E-state index < -0.39 is 85.7 Å². The van der Waals surface area contributed by atoms with Gasteiger partial charge in [-0.3, -0.25) is 9.59 Å². The van der Waals surface area contributed by atoms with E-state index in [9.17, 15) is 28.8 Å². The zero-order valence-corrected chi connectivity index (χ0v) is 26.8. The van der Waals surface area contributed by atoms with Gasteiger partial charge in [0.2, 0.25) is 0 Å². The number of esters is 3. The van der Waals surface area contributed by atoms with Crippen molar-refractivity contribution < 1.29 is 57.6 Å². The van der Waals surface area contributed by atoms with Crippen molar-refractivity contribution in [2.24, 2.45) is 11.8 Å². The van der Waals surface area contributed by atoms with Crippen LogP contribution in [0.15, 0.2) is 60.7 Å². The quantitative estimate of drug-likeness (QED) is 0.118. The molecule has 1 unspecified atom stereocenters. The fraction of sp³-hybridized carbons (Fsp3) is 0.455. The van der Waals surface area contributed by atoms with Crippen molar-refractivity contribution in [2.75, 3.05) is 6.61 Å². The van der Waals surface area contributed by atoms with Crippen molar-refractivity contribution in [1.82, 2.24) is 10.6 Å². The summed E-state index contributed by atoms with van der Waals surface area (Å²) in [5.74, 6) is -4.88. The maximum Gasteiger partial charge on any atom is 0.408 e. The second kappa shape index (κ2) is 20.1. The molecule has 0 aliphatic rings. The SMILES string of the molecule is CC(C)[C@H](NC(=O)OCc1ccccc1)C(=O)OCCC(OC(=O)CCC(=O)O)OC(=O)[C@@H](NC(=O)OCc1ccccc1)C(C)C. The summed E-state index contributed by atoms with van der Waals surface area (Å²) in [5, 5.41) is 13.8. The average molecular weight is 659 g/mol. The van der Waals surface area contributed by atoms with Crippen LogP contribution in [0.25, 0.3) is 0 Å². The zero-order valence-electron chi connectivity index (χ0n) is 26.8. The molecule has 3 N–H and O–H groups in total. The molecule has 0 heterocycles. The van der Waals surface area contributed by atoms with E-state index in [1.54, 1.807) is 76.2 Å². The molecule has 14 heteroatoms. The van der Waals surface area contributed by atoms with Gasteiger partial charge in [0.05, 0.1) is 25.9 Å². The molecule has 2 aromatic rings. The first-order valence-electron chi connectivity index (χ1n) is 15.1. The Balaban J connectivity index is 1.99. The number of carboxylic acid groups (broad SMARTS) is 1. The molecular weight excluding hydrogens is 616 g/mol. The van der Waals surface area contributed by atoms with Gasteiger partial charge in [-0.1, -0.05) is 88.4 Å². The van der Waals surface area contributed by atoms with Crippen LogP contribution in [0.5, 0.6) is 0 Å². The molecule has 2 rings (SSSR count). The first-order valence-corrected chi connectivity index (χ1v) is 15.1. The molecule has 2 aromatic carbocycles. The topological polar surface area (TPSA) is 193 Å². The van der Waals surface area contributed by atoms with Crippen molar-refractivity contribution in [3.05, 3.63) is 71.8 Å². The maximum absolute atomic E-state index is 13.1. The lowest BCUT2D eigenvalue weighted by Gasteiger charge is -2.25. The molecular formula is C33H42N2O12. The number of hydrogen-bond acceptors (Lipinski definition) is 11. The smallest absolute Gasteiger partial charge is 0.408 e. The van der Waals surface area contributed by atoms with Crippen molar-refractivity contribution in [3.63, 3.8) is 0 Å². The van der Waals surface area contributed by atoms with Crippen LogP contribution < -0.4 is 10.6 Å². The number of carboxylic acids is 1. The normalized spacial score (nSPS) is 12.6. The van der Waals surface area contributed by atoms with E-state index in [1.165, 1.54) is 0 Å². The number of carbonyl (C=O) groups excluding carboxylic acids is 5. The highest BCUT2D eigenvalue weighted by atomic mass is 16.7. The van der Waals surface area contributed by atoms with Crippen LogP contribution in [0, 0.1) is 11.8 Å². The Bertz CT molecular complexity index is 1320. The third-order valence-electron chi connectivity index (χ3n) is 6.46. The van der Waals surface area contributed by atoms with Crippen LogP contribution in [-0.4, -0.2) is 66.2 Å². The molecule has 0 saturated heterocycles. The third kappa shape index (κ3) is 15.1. The molecule has 0 aliphatic carbocycles. The highest BCUT2D eigenvalue weighted by Gasteiger charge is 2.31. The lowest BCUT2D eigenvalue weighted by molar-refractivity contribution is -0.193. The number of alkyl carbamates (subject to hydrolysis) is 2. The number of ether oxygens (including phenoxy) is 5. The monoisotopic (exact) mass is 658 g/mol. The summed E-state index contributed by atoms with van der Waals surface area (Å²) in [6, 6.07) is 15.5. The molecule has 3 atom stereocenters. The summed E-state index contributed by atoms with van der Waals surface area (Å²) in [6.45, 7) is 6.19. The van der Waals surface area contributed by atoms with Gasteiger partial charge < -0.3 is 39.4 Å². The van der Waals surface area contributed by atoms with Crippen molar-refractivity contribution >= 4 is 36.1 Å². The van der Waals surface area contributed by atoms with E-state index in [-0.39, 0.29) is 19.6 Å². The minimum Gasteiger partial charge on any atom is -0.481 e. The minimum absolute atomic E-state index is 0.0101. The van der Waals surface area contributed by atoms with Crippen LogP contribution in [0.3, 0.4) is 0 Å². The van der Waals surface area contributed by atoms with E-state index in [0.717, 1.165) is 11.1 Å². The van der Waals surface area contributed by atoms with Gasteiger partial charge in [-0.15, -0.1) is 0 Å². The standard InChI is InChI=1S/C33H42N2O12/c1-21(2)28(34-32(41)44-19-23-11-7-5-8-12-23)30(39)43-18-17-27(46-26(38)16-15-25(36)37)47-31(40)29(22(3)4)35-33(42)45-20-24-13-9-6-10-14-24/h5-14,21-22,27-29H,15-20H2,1-4H3,(H,34,41)(H,35,42)(H,36,37)/t27?,28-,29-/m0/s1. The molecule has 47 heavy (non-hydrogen) atoms. The molecule has 256 valence electrons. The maximum atomic E-state index is 13.1. The van der Waals surface area contributed by atoms with Gasteiger partial charge in [0.15, 0.2) is 0 Å². The number of nitrogens with one attached hydrogen (secondary N) is 2. The van der Waals surface area contributed by atoms with Crippen LogP contribution in [-0.2, 0) is 56.1 Å². The first kappa shape index (κ1) is 38.0. The molecule has 0 aliphatic heterocycles. The predicted molar refractivity (Wildman–Crippen MR) is 165 cm³/mol. The van der Waals surface area contributed by atoms with Gasteiger partial charge in [-0.2, -0.15) is 0 Å². The highest BCUT2D eigenvalue weighted by molar-refractivity contribution is 5.82. The Morgan fingerprint density at radius 3 is 1.55 bits per heavy atom. The van der Waals surface area contributed by atoms with E-state index in [0.29, 0.717) is 0 Å². The summed E-state index contributed by atoms with van der Waals surface area (Å²) < 4.78 is 26.2. The van der Waals surface area contributed by atoms with Gasteiger partial charge >= 0.3 is 36.1 Å². The Morgan fingerprint density at radius 2 is 1.11 bits per heavy atom. The number of aliphatic carboxylic acids is 1. The summed E-state index contributed by atoms with van der Waals surface area (Å²) in [4.78, 5) is 73.9. The number of amides is 2. The number of hydrogen-bond donors (Lipinski definition) is 3. The fourth-order valence-electron chi connectivity index (χ4n) is 3.88. The second-order valence-corrected chi connectivity index (χ2v) is 11.1.